The molecule has 0 amide bonds. The van der Waals surface area contributed by atoms with Gasteiger partial charge in [0.1, 0.15) is 0 Å². The van der Waals surface area contributed by atoms with E-state index in [1.54, 1.807) is 0 Å². The monoisotopic (exact) mass is 189 g/mol. The second-order valence-electron chi connectivity index (χ2n) is 4.62. The fourth-order valence-corrected chi connectivity index (χ4v) is 1.37. The van der Waals surface area contributed by atoms with Crippen molar-refractivity contribution in [3.63, 3.8) is 0 Å². The Labute approximate surface area is 81.4 Å². The molecule has 0 radical (unpaired) electrons. The summed E-state index contributed by atoms with van der Waals surface area (Å²) in [5, 5.41) is 0. The first-order chi connectivity index (χ1) is 5.35. The number of hydrogen-bond acceptors (Lipinski definition) is 1. The summed E-state index contributed by atoms with van der Waals surface area (Å²) in [5.41, 5.74) is 1.44. The number of nitrogens with zero attached hydrogens (tertiary/aromatic N) is 1. The van der Waals surface area contributed by atoms with Crippen molar-refractivity contribution in [2.75, 3.05) is 26.0 Å². The maximum Gasteiger partial charge on any atom is 0.0443 e. The molecule has 0 aromatic carbocycles. The molecule has 72 valence electrons. The molecule has 0 aromatic rings. The van der Waals surface area contributed by atoms with Crippen LogP contribution in [0.3, 0.4) is 0 Å². The highest BCUT2D eigenvalue weighted by Crippen LogP contribution is 2.14. The largest absolute Gasteiger partial charge is 0.302 e. The molecule has 0 aromatic heterocycles. The van der Waals surface area contributed by atoms with Gasteiger partial charge in [0.25, 0.3) is 0 Å². The van der Waals surface area contributed by atoms with Crippen molar-refractivity contribution in [1.29, 1.82) is 0 Å². The number of halogens is 1. The smallest absolute Gasteiger partial charge is 0.0443 e. The van der Waals surface area contributed by atoms with E-state index in [1.807, 2.05) is 0 Å². The molecular weight excluding hydrogens is 170 g/mol. The zero-order chi connectivity index (χ0) is 9.78. The fourth-order valence-electron chi connectivity index (χ4n) is 1.29. The lowest BCUT2D eigenvalue weighted by molar-refractivity contribution is 0.241. The van der Waals surface area contributed by atoms with Crippen LogP contribution in [0.15, 0.2) is 12.2 Å². The van der Waals surface area contributed by atoms with Gasteiger partial charge in [-0.25, -0.2) is 0 Å². The van der Waals surface area contributed by atoms with E-state index in [1.165, 1.54) is 0 Å². The number of hydrogen-bond donors (Lipinski definition) is 0. The number of alkyl halides is 1. The fraction of sp³-hybridized carbons (Fsp3) is 0.800. The SMILES string of the molecule is C=C(CCl)CN(C)CC(C)(C)C. The van der Waals surface area contributed by atoms with Gasteiger partial charge in [0.2, 0.25) is 0 Å². The second-order valence-corrected chi connectivity index (χ2v) is 4.88. The molecule has 0 heterocycles. The zero-order valence-corrected chi connectivity index (χ0v) is 9.41. The first-order valence-electron chi connectivity index (χ1n) is 4.26. The van der Waals surface area contributed by atoms with Gasteiger partial charge in [0.15, 0.2) is 0 Å². The molecule has 2 heteroatoms. The van der Waals surface area contributed by atoms with Gasteiger partial charge in [-0.2, -0.15) is 0 Å². The van der Waals surface area contributed by atoms with Gasteiger partial charge in [-0.15, -0.1) is 11.6 Å². The van der Waals surface area contributed by atoms with Crippen molar-refractivity contribution in [3.8, 4) is 0 Å². The van der Waals surface area contributed by atoms with Crippen molar-refractivity contribution in [1.82, 2.24) is 4.90 Å². The van der Waals surface area contributed by atoms with Crippen LogP contribution in [0.2, 0.25) is 0 Å². The third-order valence-corrected chi connectivity index (χ3v) is 1.80. The average molecular weight is 190 g/mol. The number of rotatable bonds is 4. The molecule has 0 aliphatic heterocycles. The van der Waals surface area contributed by atoms with Crippen molar-refractivity contribution < 1.29 is 0 Å². The maximum absolute atomic E-state index is 5.64. The summed E-state index contributed by atoms with van der Waals surface area (Å²) in [4.78, 5) is 2.25. The quantitative estimate of drug-likeness (QED) is 0.486. The normalized spacial score (nSPS) is 12.2. The maximum atomic E-state index is 5.64. The van der Waals surface area contributed by atoms with Crippen molar-refractivity contribution in [2.45, 2.75) is 20.8 Å². The Balaban J connectivity index is 3.74. The first-order valence-corrected chi connectivity index (χ1v) is 4.80. The molecule has 0 saturated heterocycles. The summed E-state index contributed by atoms with van der Waals surface area (Å²) < 4.78 is 0. The molecule has 1 nitrogen and oxygen atoms in total. The van der Waals surface area contributed by atoms with Crippen LogP contribution < -0.4 is 0 Å². The van der Waals surface area contributed by atoms with E-state index in [0.717, 1.165) is 18.7 Å². The third kappa shape index (κ3) is 6.68. The van der Waals surface area contributed by atoms with Gasteiger partial charge in [-0.3, -0.25) is 0 Å². The Kier molecular flexibility index (Phi) is 4.88. The minimum absolute atomic E-state index is 0.349. The Hall–Kier alpha value is -0.0100. The van der Waals surface area contributed by atoms with E-state index in [4.69, 9.17) is 11.6 Å². The summed E-state index contributed by atoms with van der Waals surface area (Å²) in [6, 6.07) is 0. The standard InChI is InChI=1S/C10H20ClN/c1-9(6-11)7-12(5)8-10(2,3)4/h1,6-8H2,2-5H3. The molecule has 0 unspecified atom stereocenters. The third-order valence-electron chi connectivity index (χ3n) is 1.43. The second kappa shape index (κ2) is 4.88. The molecule has 0 fully saturated rings. The zero-order valence-electron chi connectivity index (χ0n) is 8.65. The van der Waals surface area contributed by atoms with E-state index >= 15 is 0 Å². The van der Waals surface area contributed by atoms with Gasteiger partial charge in [-0.1, -0.05) is 27.4 Å². The van der Waals surface area contributed by atoms with Crippen molar-refractivity contribution in [2.24, 2.45) is 5.41 Å². The summed E-state index contributed by atoms with van der Waals surface area (Å²) in [6.45, 7) is 12.5. The van der Waals surface area contributed by atoms with Crippen molar-refractivity contribution in [3.05, 3.63) is 12.2 Å². The molecule has 0 aliphatic carbocycles. The molecule has 0 spiro atoms. The lowest BCUT2D eigenvalue weighted by Gasteiger charge is -2.26. The van der Waals surface area contributed by atoms with E-state index in [9.17, 15) is 0 Å². The predicted molar refractivity (Wildman–Crippen MR) is 56.8 cm³/mol. The van der Waals surface area contributed by atoms with Crippen LogP contribution in [0.1, 0.15) is 20.8 Å². The lowest BCUT2D eigenvalue weighted by atomic mass is 9.96. The molecule has 0 bridgehead atoms. The lowest BCUT2D eigenvalue weighted by Crippen LogP contribution is -2.30. The van der Waals surface area contributed by atoms with E-state index in [-0.39, 0.29) is 0 Å². The first kappa shape index (κ1) is 12.0. The van der Waals surface area contributed by atoms with Crippen LogP contribution in [0.4, 0.5) is 0 Å². The minimum Gasteiger partial charge on any atom is -0.302 e. The Morgan fingerprint density at radius 3 is 2.25 bits per heavy atom. The minimum atomic E-state index is 0.349. The summed E-state index contributed by atoms with van der Waals surface area (Å²) >= 11 is 5.64. The van der Waals surface area contributed by atoms with Gasteiger partial charge in [-0.05, 0) is 18.0 Å². The van der Waals surface area contributed by atoms with E-state index in [0.29, 0.717) is 11.3 Å². The Bertz CT molecular complexity index is 146. The molecule has 0 saturated carbocycles. The molecule has 0 N–H and O–H groups in total. The topological polar surface area (TPSA) is 3.24 Å². The van der Waals surface area contributed by atoms with Crippen LogP contribution in [-0.4, -0.2) is 30.9 Å². The number of likely N-dealkylation sites (N-methyl/N-ethyl adjacent to an activating group) is 1. The van der Waals surface area contributed by atoms with Gasteiger partial charge in [0, 0.05) is 19.0 Å². The van der Waals surface area contributed by atoms with Crippen LogP contribution >= 0.6 is 11.6 Å². The molecule has 0 aliphatic rings. The highest BCUT2D eigenvalue weighted by Gasteiger charge is 2.13. The summed E-state index contributed by atoms with van der Waals surface area (Å²) in [5.74, 6) is 0.564. The Morgan fingerprint density at radius 1 is 1.42 bits per heavy atom. The Morgan fingerprint density at radius 2 is 1.92 bits per heavy atom. The van der Waals surface area contributed by atoms with Crippen molar-refractivity contribution >= 4 is 11.6 Å². The van der Waals surface area contributed by atoms with Gasteiger partial charge in [0.05, 0.1) is 0 Å². The van der Waals surface area contributed by atoms with Gasteiger partial charge >= 0.3 is 0 Å². The van der Waals surface area contributed by atoms with Crippen LogP contribution in [0.25, 0.3) is 0 Å². The van der Waals surface area contributed by atoms with E-state index in [2.05, 4.69) is 39.3 Å². The summed E-state index contributed by atoms with van der Waals surface area (Å²) in [6.07, 6.45) is 0. The average Bonchev–Trinajstić information content (AvgIpc) is 1.82. The highest BCUT2D eigenvalue weighted by atomic mass is 35.5. The highest BCUT2D eigenvalue weighted by molar-refractivity contribution is 6.19. The molecule has 0 atom stereocenters. The van der Waals surface area contributed by atoms with E-state index < -0.39 is 0 Å². The molecule has 0 rings (SSSR count). The van der Waals surface area contributed by atoms with Crippen LogP contribution in [0, 0.1) is 5.41 Å². The van der Waals surface area contributed by atoms with Crippen LogP contribution in [-0.2, 0) is 0 Å². The predicted octanol–water partition coefficient (Wildman–Crippen LogP) is 2.76. The molecule has 12 heavy (non-hydrogen) atoms. The molecular formula is C10H20ClN. The van der Waals surface area contributed by atoms with Gasteiger partial charge < -0.3 is 4.90 Å². The summed E-state index contributed by atoms with van der Waals surface area (Å²) in [7, 11) is 2.10. The van der Waals surface area contributed by atoms with Crippen LogP contribution in [0.5, 0.6) is 0 Å².